The van der Waals surface area contributed by atoms with Crippen molar-refractivity contribution in [1.82, 2.24) is 9.78 Å². The van der Waals surface area contributed by atoms with Gasteiger partial charge in [-0.2, -0.15) is 5.10 Å². The molecule has 0 fully saturated rings. The third-order valence-corrected chi connectivity index (χ3v) is 3.11. The van der Waals surface area contributed by atoms with Gasteiger partial charge in [0.05, 0.1) is 15.1 Å². The van der Waals surface area contributed by atoms with Gasteiger partial charge < -0.3 is 5.73 Å². The molecule has 0 saturated heterocycles. The Balaban J connectivity index is 2.49. The molecule has 0 amide bonds. The van der Waals surface area contributed by atoms with Crippen LogP contribution >= 0.6 is 15.9 Å². The van der Waals surface area contributed by atoms with Crippen molar-refractivity contribution in [3.8, 4) is 5.69 Å². The number of nitrogens with zero attached hydrogens (tertiary/aromatic N) is 3. The van der Waals surface area contributed by atoms with E-state index < -0.39 is 4.92 Å². The highest BCUT2D eigenvalue weighted by atomic mass is 79.9. The molecule has 0 unspecified atom stereocenters. The lowest BCUT2D eigenvalue weighted by Crippen LogP contribution is -2.05. The third-order valence-electron chi connectivity index (χ3n) is 2.45. The van der Waals surface area contributed by atoms with Crippen molar-refractivity contribution < 1.29 is 4.92 Å². The molecule has 2 N–H and O–H groups in total. The highest BCUT2D eigenvalue weighted by molar-refractivity contribution is 9.10. The summed E-state index contributed by atoms with van der Waals surface area (Å²) in [5, 5.41) is 15.2. The normalized spacial score (nSPS) is 10.6. The van der Waals surface area contributed by atoms with Crippen LogP contribution in [0.15, 0.2) is 34.9 Å². The average Bonchev–Trinajstić information content (AvgIpc) is 2.71. The van der Waals surface area contributed by atoms with Crippen molar-refractivity contribution in [1.29, 1.82) is 0 Å². The van der Waals surface area contributed by atoms with Crippen molar-refractivity contribution in [2.24, 2.45) is 5.73 Å². The SMILES string of the molecule is NCCc1nn(-c2ccccc2[N+](=O)[O-])cc1Br. The molecular weight excluding hydrogens is 300 g/mol. The van der Waals surface area contributed by atoms with E-state index in [1.165, 1.54) is 10.7 Å². The number of halogens is 1. The van der Waals surface area contributed by atoms with E-state index in [0.717, 1.165) is 10.2 Å². The van der Waals surface area contributed by atoms with Gasteiger partial charge in [-0.05, 0) is 28.5 Å². The molecule has 0 atom stereocenters. The number of benzene rings is 1. The molecule has 0 aliphatic rings. The summed E-state index contributed by atoms with van der Waals surface area (Å²) < 4.78 is 2.29. The first-order chi connectivity index (χ1) is 8.63. The number of rotatable bonds is 4. The average molecular weight is 311 g/mol. The van der Waals surface area contributed by atoms with Crippen molar-refractivity contribution in [2.75, 3.05) is 6.54 Å². The molecule has 1 aromatic heterocycles. The lowest BCUT2D eigenvalue weighted by molar-refractivity contribution is -0.384. The summed E-state index contributed by atoms with van der Waals surface area (Å²) in [4.78, 5) is 10.5. The molecule has 7 heteroatoms. The Bertz CT molecular complexity index is 582. The number of hydrogen-bond donors (Lipinski definition) is 1. The van der Waals surface area contributed by atoms with E-state index in [2.05, 4.69) is 21.0 Å². The minimum Gasteiger partial charge on any atom is -0.330 e. The first-order valence-corrected chi connectivity index (χ1v) is 6.10. The smallest absolute Gasteiger partial charge is 0.294 e. The second-order valence-corrected chi connectivity index (χ2v) is 4.51. The first kappa shape index (κ1) is 12.7. The molecule has 2 rings (SSSR count). The molecule has 18 heavy (non-hydrogen) atoms. The quantitative estimate of drug-likeness (QED) is 0.691. The van der Waals surface area contributed by atoms with E-state index in [1.54, 1.807) is 24.4 Å². The van der Waals surface area contributed by atoms with Gasteiger partial charge in [-0.25, -0.2) is 4.68 Å². The lowest BCUT2D eigenvalue weighted by Gasteiger charge is -2.01. The van der Waals surface area contributed by atoms with Gasteiger partial charge in [0.1, 0.15) is 5.69 Å². The summed E-state index contributed by atoms with van der Waals surface area (Å²) in [5.74, 6) is 0. The predicted molar refractivity (Wildman–Crippen MR) is 70.7 cm³/mol. The van der Waals surface area contributed by atoms with Crippen LogP contribution in [0, 0.1) is 10.1 Å². The van der Waals surface area contributed by atoms with E-state index in [4.69, 9.17) is 5.73 Å². The molecule has 0 radical (unpaired) electrons. The molecule has 94 valence electrons. The maximum atomic E-state index is 10.9. The van der Waals surface area contributed by atoms with Crippen LogP contribution in [0.2, 0.25) is 0 Å². The molecule has 1 heterocycles. The van der Waals surface area contributed by atoms with E-state index in [0.29, 0.717) is 18.7 Å². The monoisotopic (exact) mass is 310 g/mol. The standard InChI is InChI=1S/C11H11BrN4O2/c12-8-7-15(14-9(8)5-6-13)10-3-1-2-4-11(10)16(17)18/h1-4,7H,5-6,13H2. The van der Waals surface area contributed by atoms with Crippen LogP contribution in [0.3, 0.4) is 0 Å². The topological polar surface area (TPSA) is 87.0 Å². The maximum absolute atomic E-state index is 10.9. The van der Waals surface area contributed by atoms with Gasteiger partial charge in [-0.15, -0.1) is 0 Å². The number of aromatic nitrogens is 2. The van der Waals surface area contributed by atoms with Crippen LogP contribution < -0.4 is 5.73 Å². The summed E-state index contributed by atoms with van der Waals surface area (Å²) in [6, 6.07) is 6.47. The fourth-order valence-corrected chi connectivity index (χ4v) is 2.10. The molecule has 0 saturated carbocycles. The Morgan fingerprint density at radius 3 is 2.83 bits per heavy atom. The molecule has 1 aromatic carbocycles. The fourth-order valence-electron chi connectivity index (χ4n) is 1.63. The van der Waals surface area contributed by atoms with Crippen LogP contribution in [0.5, 0.6) is 0 Å². The van der Waals surface area contributed by atoms with Crippen molar-refractivity contribution in [2.45, 2.75) is 6.42 Å². The number of nitro groups is 1. The summed E-state index contributed by atoms with van der Waals surface area (Å²) >= 11 is 3.37. The first-order valence-electron chi connectivity index (χ1n) is 5.31. The summed E-state index contributed by atoms with van der Waals surface area (Å²) in [5.41, 5.74) is 6.72. The molecule has 0 bridgehead atoms. The van der Waals surface area contributed by atoms with Gasteiger partial charge in [0.2, 0.25) is 0 Å². The Morgan fingerprint density at radius 1 is 1.44 bits per heavy atom. The highest BCUT2D eigenvalue weighted by Crippen LogP contribution is 2.24. The molecule has 2 aromatic rings. The van der Waals surface area contributed by atoms with Gasteiger partial charge in [0.15, 0.2) is 0 Å². The molecule has 0 aliphatic carbocycles. The molecule has 0 aliphatic heterocycles. The van der Waals surface area contributed by atoms with Crippen LogP contribution in [0.4, 0.5) is 5.69 Å². The van der Waals surface area contributed by atoms with Gasteiger partial charge in [0, 0.05) is 18.7 Å². The van der Waals surface area contributed by atoms with Crippen molar-refractivity contribution >= 4 is 21.6 Å². The van der Waals surface area contributed by atoms with Crippen LogP contribution in [0.25, 0.3) is 5.69 Å². The van der Waals surface area contributed by atoms with Crippen molar-refractivity contribution in [3.05, 3.63) is 50.7 Å². The van der Waals surface area contributed by atoms with E-state index >= 15 is 0 Å². The molecule has 6 nitrogen and oxygen atoms in total. The largest absolute Gasteiger partial charge is 0.330 e. The van der Waals surface area contributed by atoms with Gasteiger partial charge in [-0.1, -0.05) is 12.1 Å². The number of hydrogen-bond acceptors (Lipinski definition) is 4. The zero-order valence-electron chi connectivity index (χ0n) is 9.41. The molecular formula is C11H11BrN4O2. The zero-order chi connectivity index (χ0) is 13.1. The minimum absolute atomic E-state index is 0.0202. The van der Waals surface area contributed by atoms with Gasteiger partial charge >= 0.3 is 0 Å². The predicted octanol–water partition coefficient (Wildman–Crippen LogP) is 2.04. The highest BCUT2D eigenvalue weighted by Gasteiger charge is 2.16. The minimum atomic E-state index is -0.423. The van der Waals surface area contributed by atoms with Gasteiger partial charge in [0.25, 0.3) is 5.69 Å². The number of para-hydroxylation sites is 2. The summed E-state index contributed by atoms with van der Waals surface area (Å²) in [6.45, 7) is 0.479. The van der Waals surface area contributed by atoms with Crippen LogP contribution in [-0.2, 0) is 6.42 Å². The zero-order valence-corrected chi connectivity index (χ0v) is 11.0. The van der Waals surface area contributed by atoms with Gasteiger partial charge in [-0.3, -0.25) is 10.1 Å². The second-order valence-electron chi connectivity index (χ2n) is 3.65. The number of nitro benzene ring substituents is 1. The van der Waals surface area contributed by atoms with Crippen LogP contribution in [-0.4, -0.2) is 21.2 Å². The fraction of sp³-hybridized carbons (Fsp3) is 0.182. The van der Waals surface area contributed by atoms with E-state index in [9.17, 15) is 10.1 Å². The summed E-state index contributed by atoms with van der Waals surface area (Å²) in [6.07, 6.45) is 2.32. The lowest BCUT2D eigenvalue weighted by atomic mass is 10.3. The summed E-state index contributed by atoms with van der Waals surface area (Å²) in [7, 11) is 0. The Morgan fingerprint density at radius 2 is 2.17 bits per heavy atom. The Kier molecular flexibility index (Phi) is 3.73. The van der Waals surface area contributed by atoms with Crippen LogP contribution in [0.1, 0.15) is 5.69 Å². The third kappa shape index (κ3) is 2.41. The second kappa shape index (κ2) is 5.28. The number of nitrogens with two attached hydrogens (primary N) is 1. The van der Waals surface area contributed by atoms with E-state index in [1.807, 2.05) is 0 Å². The Hall–Kier alpha value is -1.73. The molecule has 0 spiro atoms. The van der Waals surface area contributed by atoms with Crippen molar-refractivity contribution in [3.63, 3.8) is 0 Å². The van der Waals surface area contributed by atoms with E-state index in [-0.39, 0.29) is 5.69 Å². The maximum Gasteiger partial charge on any atom is 0.294 e. The Labute approximate surface area is 112 Å².